The zero-order valence-electron chi connectivity index (χ0n) is 21.0. The number of esters is 1. The molecule has 0 spiro atoms. The fraction of sp³-hybridized carbons (Fsp3) is 0.538. The van der Waals surface area contributed by atoms with Gasteiger partial charge < -0.3 is 24.6 Å². The second kappa shape index (κ2) is 11.8. The lowest BCUT2D eigenvalue weighted by Crippen LogP contribution is -2.48. The molecule has 0 bridgehead atoms. The number of likely N-dealkylation sites (N-methyl/N-ethyl adjacent to an activating group) is 1. The third kappa shape index (κ3) is 6.00. The third-order valence-electron chi connectivity index (χ3n) is 6.51. The van der Waals surface area contributed by atoms with Crippen LogP contribution < -0.4 is 10.2 Å². The summed E-state index contributed by atoms with van der Waals surface area (Å²) < 4.78 is 10.4. The minimum Gasteiger partial charge on any atom is -0.453 e. The van der Waals surface area contributed by atoms with E-state index in [4.69, 9.17) is 31.0 Å². The molecule has 2 aliphatic heterocycles. The molecule has 36 heavy (non-hydrogen) atoms. The van der Waals surface area contributed by atoms with Crippen molar-refractivity contribution in [3.8, 4) is 11.8 Å². The van der Waals surface area contributed by atoms with Gasteiger partial charge in [0.25, 0.3) is 5.91 Å². The van der Waals surface area contributed by atoms with Crippen LogP contribution in [0.4, 0.5) is 11.6 Å². The van der Waals surface area contributed by atoms with E-state index in [2.05, 4.69) is 22.1 Å². The third-order valence-corrected chi connectivity index (χ3v) is 6.83. The summed E-state index contributed by atoms with van der Waals surface area (Å²) in [7, 11) is 1.89. The summed E-state index contributed by atoms with van der Waals surface area (Å²) in [5.41, 5.74) is 1.95. The molecule has 1 amide bonds. The number of carbonyl (C=O) groups is 2. The molecule has 0 radical (unpaired) electrons. The number of fused-ring (bicyclic) bond motifs is 1. The number of aromatic nitrogens is 2. The number of amides is 1. The minimum absolute atomic E-state index is 0.00137. The van der Waals surface area contributed by atoms with Crippen molar-refractivity contribution in [1.82, 2.24) is 14.9 Å². The number of anilines is 2. The number of nitrogens with one attached hydrogen (secondary N) is 1. The van der Waals surface area contributed by atoms with E-state index in [-0.39, 0.29) is 30.6 Å². The zero-order valence-corrected chi connectivity index (χ0v) is 21.7. The number of piperidine rings is 1. The van der Waals surface area contributed by atoms with Gasteiger partial charge in [0.05, 0.1) is 16.1 Å². The predicted molar refractivity (Wildman–Crippen MR) is 139 cm³/mol. The summed E-state index contributed by atoms with van der Waals surface area (Å²) >= 11 is 6.47. The molecule has 0 aliphatic carbocycles. The Morgan fingerprint density at radius 3 is 2.67 bits per heavy atom. The quantitative estimate of drug-likeness (QED) is 0.464. The van der Waals surface area contributed by atoms with Crippen LogP contribution in [0.25, 0.3) is 11.0 Å². The molecule has 10 heteroatoms. The van der Waals surface area contributed by atoms with E-state index in [0.717, 1.165) is 44.6 Å². The number of halogens is 1. The van der Waals surface area contributed by atoms with Crippen LogP contribution >= 0.6 is 11.6 Å². The van der Waals surface area contributed by atoms with Gasteiger partial charge in [-0.15, -0.1) is 0 Å². The summed E-state index contributed by atoms with van der Waals surface area (Å²) in [6.45, 7) is 6.25. The highest BCUT2D eigenvalue weighted by molar-refractivity contribution is 6.32. The SMILES string of the molecule is CCNc1nc2cc(C#CCOC(C)=O)c(Cl)cc2nc1N1CCC(N(C)C(=O)[C@H]2CCCO2)CC1. The highest BCUT2D eigenvalue weighted by atomic mass is 35.5. The number of ether oxygens (including phenoxy) is 2. The molecular weight excluding hydrogens is 482 g/mol. The molecule has 3 heterocycles. The van der Waals surface area contributed by atoms with E-state index in [9.17, 15) is 9.59 Å². The van der Waals surface area contributed by atoms with Crippen molar-refractivity contribution >= 4 is 46.1 Å². The van der Waals surface area contributed by atoms with Crippen LogP contribution in [0, 0.1) is 11.8 Å². The van der Waals surface area contributed by atoms with Gasteiger partial charge in [0, 0.05) is 51.8 Å². The van der Waals surface area contributed by atoms with Crippen LogP contribution in [0.3, 0.4) is 0 Å². The maximum atomic E-state index is 12.8. The first-order valence-electron chi connectivity index (χ1n) is 12.4. The molecule has 2 saturated heterocycles. The number of hydrogen-bond acceptors (Lipinski definition) is 8. The van der Waals surface area contributed by atoms with Crippen LogP contribution in [0.1, 0.15) is 45.1 Å². The molecule has 1 aromatic carbocycles. The van der Waals surface area contributed by atoms with Gasteiger partial charge in [-0.1, -0.05) is 23.4 Å². The van der Waals surface area contributed by atoms with Crippen molar-refractivity contribution in [2.24, 2.45) is 0 Å². The monoisotopic (exact) mass is 513 g/mol. The average molecular weight is 514 g/mol. The average Bonchev–Trinajstić information content (AvgIpc) is 3.41. The molecule has 0 saturated carbocycles. The van der Waals surface area contributed by atoms with Gasteiger partial charge in [-0.3, -0.25) is 9.59 Å². The maximum absolute atomic E-state index is 12.8. The van der Waals surface area contributed by atoms with Gasteiger partial charge in [0.2, 0.25) is 0 Å². The Labute approximate surface area is 216 Å². The van der Waals surface area contributed by atoms with E-state index in [1.54, 1.807) is 12.1 Å². The molecule has 1 N–H and O–H groups in total. The Morgan fingerprint density at radius 2 is 2.00 bits per heavy atom. The number of rotatable bonds is 6. The summed E-state index contributed by atoms with van der Waals surface area (Å²) in [5, 5.41) is 3.79. The first kappa shape index (κ1) is 26.0. The fourth-order valence-electron chi connectivity index (χ4n) is 4.58. The largest absolute Gasteiger partial charge is 0.453 e. The predicted octanol–water partition coefficient (Wildman–Crippen LogP) is 3.24. The van der Waals surface area contributed by atoms with Gasteiger partial charge in [-0.05, 0) is 44.7 Å². The molecule has 2 aliphatic rings. The summed E-state index contributed by atoms with van der Waals surface area (Å²) in [4.78, 5) is 37.5. The molecular formula is C26H32ClN5O4. The van der Waals surface area contributed by atoms with Crippen molar-refractivity contribution in [3.05, 3.63) is 22.7 Å². The van der Waals surface area contributed by atoms with Crippen molar-refractivity contribution < 1.29 is 19.1 Å². The highest BCUT2D eigenvalue weighted by Crippen LogP contribution is 2.31. The molecule has 9 nitrogen and oxygen atoms in total. The van der Waals surface area contributed by atoms with Crippen LogP contribution in [-0.2, 0) is 19.1 Å². The second-order valence-corrected chi connectivity index (χ2v) is 9.41. The van der Waals surface area contributed by atoms with E-state index in [1.807, 2.05) is 18.9 Å². The van der Waals surface area contributed by atoms with Gasteiger partial charge in [-0.2, -0.15) is 0 Å². The minimum atomic E-state index is -0.382. The molecule has 2 fully saturated rings. The number of hydrogen-bond donors (Lipinski definition) is 1. The van der Waals surface area contributed by atoms with Gasteiger partial charge in [0.1, 0.15) is 6.10 Å². The van der Waals surface area contributed by atoms with E-state index < -0.39 is 0 Å². The Balaban J connectivity index is 1.51. The maximum Gasteiger partial charge on any atom is 0.303 e. The van der Waals surface area contributed by atoms with Crippen LogP contribution in [0.15, 0.2) is 12.1 Å². The van der Waals surface area contributed by atoms with E-state index in [0.29, 0.717) is 40.6 Å². The molecule has 1 atom stereocenters. The summed E-state index contributed by atoms with van der Waals surface area (Å²) in [6, 6.07) is 3.74. The van der Waals surface area contributed by atoms with Crippen molar-refractivity contribution in [2.75, 3.05) is 50.1 Å². The molecule has 192 valence electrons. The van der Waals surface area contributed by atoms with Crippen LogP contribution in [0.2, 0.25) is 5.02 Å². The van der Waals surface area contributed by atoms with Crippen LogP contribution in [-0.4, -0.2) is 78.8 Å². The number of carbonyl (C=O) groups excluding carboxylic acids is 2. The lowest BCUT2D eigenvalue weighted by molar-refractivity contribution is -0.142. The number of benzene rings is 1. The number of nitrogens with zero attached hydrogens (tertiary/aromatic N) is 4. The van der Waals surface area contributed by atoms with E-state index >= 15 is 0 Å². The topological polar surface area (TPSA) is 96.9 Å². The van der Waals surface area contributed by atoms with Crippen molar-refractivity contribution in [2.45, 2.75) is 51.7 Å². The fourth-order valence-corrected chi connectivity index (χ4v) is 4.79. The van der Waals surface area contributed by atoms with Crippen molar-refractivity contribution in [3.63, 3.8) is 0 Å². The molecule has 0 unspecified atom stereocenters. The second-order valence-electron chi connectivity index (χ2n) is 9.00. The molecule has 4 rings (SSSR count). The summed E-state index contributed by atoms with van der Waals surface area (Å²) in [6.07, 6.45) is 3.15. The van der Waals surface area contributed by atoms with Gasteiger partial charge in [-0.25, -0.2) is 9.97 Å². The van der Waals surface area contributed by atoms with Crippen molar-refractivity contribution in [1.29, 1.82) is 0 Å². The summed E-state index contributed by atoms with van der Waals surface area (Å²) in [5.74, 6) is 6.92. The lowest BCUT2D eigenvalue weighted by atomic mass is 10.0. The Bertz CT molecular complexity index is 1180. The Morgan fingerprint density at radius 1 is 1.25 bits per heavy atom. The Hall–Kier alpha value is -3.09. The first-order chi connectivity index (χ1) is 17.4. The zero-order chi connectivity index (χ0) is 25.7. The Kier molecular flexibility index (Phi) is 8.49. The normalized spacial score (nSPS) is 18.0. The smallest absolute Gasteiger partial charge is 0.303 e. The highest BCUT2D eigenvalue weighted by Gasteiger charge is 2.32. The lowest BCUT2D eigenvalue weighted by Gasteiger charge is -2.38. The van der Waals surface area contributed by atoms with Gasteiger partial charge >= 0.3 is 5.97 Å². The van der Waals surface area contributed by atoms with Crippen LogP contribution in [0.5, 0.6) is 0 Å². The molecule has 1 aromatic heterocycles. The standard InChI is InChI=1S/C26H32ClN5O4/c1-4-28-24-25(32-11-9-19(10-12-32)31(3)26(34)23-8-6-14-36-23)30-22-16-20(27)18(15-21(22)29-24)7-5-13-35-17(2)33/h15-16,19,23H,4,6,8-14H2,1-3H3,(H,28,29)/t23-/m1/s1. The molecule has 2 aromatic rings. The first-order valence-corrected chi connectivity index (χ1v) is 12.8. The van der Waals surface area contributed by atoms with E-state index in [1.165, 1.54) is 6.92 Å². The van der Waals surface area contributed by atoms with Gasteiger partial charge in [0.15, 0.2) is 18.2 Å².